The van der Waals surface area contributed by atoms with Crippen LogP contribution in [0.1, 0.15) is 62.1 Å². The Labute approximate surface area is 199 Å². The first-order chi connectivity index (χ1) is 16.5. The molecule has 2 amide bonds. The highest BCUT2D eigenvalue weighted by Crippen LogP contribution is 2.47. The molecular formula is C27H32N2O5. The molecule has 180 valence electrons. The maximum absolute atomic E-state index is 12.8. The number of benzene rings is 2. The van der Waals surface area contributed by atoms with Crippen LogP contribution in [0.25, 0.3) is 0 Å². The van der Waals surface area contributed by atoms with Crippen molar-refractivity contribution in [3.05, 3.63) is 59.7 Å². The van der Waals surface area contributed by atoms with Gasteiger partial charge in [0.05, 0.1) is 25.2 Å². The van der Waals surface area contributed by atoms with Crippen LogP contribution >= 0.6 is 0 Å². The van der Waals surface area contributed by atoms with E-state index in [9.17, 15) is 14.7 Å². The molecule has 0 unspecified atom stereocenters. The molecule has 0 radical (unpaired) electrons. The normalized spacial score (nSPS) is 26.4. The lowest BCUT2D eigenvalue weighted by atomic mass is 9.83. The van der Waals surface area contributed by atoms with Crippen LogP contribution in [0.4, 0.5) is 5.69 Å². The predicted molar refractivity (Wildman–Crippen MR) is 128 cm³/mol. The number of hydrogen-bond acceptors (Lipinski definition) is 5. The Balaban J connectivity index is 1.26. The van der Waals surface area contributed by atoms with Crippen LogP contribution in [0.5, 0.6) is 5.75 Å². The molecule has 1 saturated carbocycles. The Kier molecular flexibility index (Phi) is 6.57. The van der Waals surface area contributed by atoms with E-state index in [-0.39, 0.29) is 54.9 Å². The van der Waals surface area contributed by atoms with Gasteiger partial charge in [0, 0.05) is 23.1 Å². The Bertz CT molecular complexity index is 1040. The molecule has 3 aliphatic rings. The molecule has 2 aliphatic heterocycles. The van der Waals surface area contributed by atoms with Gasteiger partial charge in [-0.1, -0.05) is 36.8 Å². The monoisotopic (exact) mass is 464 g/mol. The van der Waals surface area contributed by atoms with E-state index in [0.717, 1.165) is 41.8 Å². The van der Waals surface area contributed by atoms with Crippen molar-refractivity contribution in [2.75, 3.05) is 11.9 Å². The van der Waals surface area contributed by atoms with Crippen molar-refractivity contribution in [1.29, 1.82) is 0 Å². The first kappa shape index (κ1) is 22.9. The number of rotatable bonds is 7. The van der Waals surface area contributed by atoms with Crippen LogP contribution in [0.2, 0.25) is 0 Å². The second-order valence-corrected chi connectivity index (χ2v) is 9.68. The highest BCUT2D eigenvalue weighted by molar-refractivity contribution is 5.93. The Morgan fingerprint density at radius 1 is 1.15 bits per heavy atom. The van der Waals surface area contributed by atoms with Gasteiger partial charge in [-0.25, -0.2) is 0 Å². The summed E-state index contributed by atoms with van der Waals surface area (Å²) >= 11 is 0. The van der Waals surface area contributed by atoms with Gasteiger partial charge in [-0.15, -0.1) is 0 Å². The molecule has 0 bridgehead atoms. The fraction of sp³-hybridized carbons (Fsp3) is 0.481. The summed E-state index contributed by atoms with van der Waals surface area (Å²) in [5.74, 6) is 0.841. The molecule has 2 aromatic rings. The number of fused-ring (bicyclic) bond motifs is 3. The fourth-order valence-corrected chi connectivity index (χ4v) is 5.21. The van der Waals surface area contributed by atoms with Gasteiger partial charge in [-0.05, 0) is 49.9 Å². The van der Waals surface area contributed by atoms with Crippen molar-refractivity contribution in [1.82, 2.24) is 5.32 Å². The number of carbonyl (C=O) groups excluding carboxylic acids is 2. The minimum absolute atomic E-state index is 0.00852. The molecule has 3 N–H and O–H groups in total. The molecule has 1 aliphatic carbocycles. The van der Waals surface area contributed by atoms with E-state index in [4.69, 9.17) is 9.47 Å². The van der Waals surface area contributed by atoms with Crippen LogP contribution in [-0.4, -0.2) is 41.8 Å². The van der Waals surface area contributed by atoms with Gasteiger partial charge in [0.2, 0.25) is 11.8 Å². The van der Waals surface area contributed by atoms with Crippen LogP contribution in [0.15, 0.2) is 48.5 Å². The van der Waals surface area contributed by atoms with Gasteiger partial charge >= 0.3 is 0 Å². The van der Waals surface area contributed by atoms with Crippen LogP contribution in [-0.2, 0) is 14.3 Å². The first-order valence-electron chi connectivity index (χ1n) is 12.2. The average molecular weight is 465 g/mol. The number of aliphatic hydroxyl groups excluding tert-OH is 1. The number of nitrogens with one attached hydrogen (secondary N) is 2. The maximum Gasteiger partial charge on any atom is 0.227 e. The number of carbonyl (C=O) groups is 2. The number of amides is 2. The summed E-state index contributed by atoms with van der Waals surface area (Å²) in [6, 6.07) is 15.4. The van der Waals surface area contributed by atoms with Crippen LogP contribution in [0.3, 0.4) is 0 Å². The molecular weight excluding hydrogens is 432 g/mol. The summed E-state index contributed by atoms with van der Waals surface area (Å²) in [5, 5.41) is 16.1. The quantitative estimate of drug-likeness (QED) is 0.581. The standard InChI is InChI=1S/C27H32N2O5/c1-16(17-6-3-2-4-7-17)28-25(31)14-20-13-22-21-12-19(29-27(32)18-8-5-9-18)10-11-23(21)34-26(22)24(15-30)33-20/h2-4,6-7,10-12,16,18,20,22,24,26,30H,5,8-9,13-15H2,1H3,(H,28,31)(H,29,32)/t16-,20-,22+,24-,26-/m0/s1. The SMILES string of the molecule is C[C@H](NC(=O)C[C@@H]1C[C@@H]2c3cc(NC(=O)C4CCC4)ccc3O[C@@H]2[C@H](CO)O1)c1ccccc1. The summed E-state index contributed by atoms with van der Waals surface area (Å²) in [6.07, 6.45) is 2.69. The lowest BCUT2D eigenvalue weighted by molar-refractivity contribution is -0.142. The topological polar surface area (TPSA) is 96.9 Å². The third kappa shape index (κ3) is 4.68. The second kappa shape index (κ2) is 9.76. The van der Waals surface area contributed by atoms with E-state index in [1.165, 1.54) is 0 Å². The summed E-state index contributed by atoms with van der Waals surface area (Å²) < 4.78 is 12.2. The lowest BCUT2D eigenvalue weighted by Crippen LogP contribution is -2.47. The largest absolute Gasteiger partial charge is 0.487 e. The van der Waals surface area contributed by atoms with Crippen molar-refractivity contribution in [2.45, 2.75) is 69.3 Å². The molecule has 34 heavy (non-hydrogen) atoms. The van der Waals surface area contributed by atoms with E-state index in [1.54, 1.807) is 0 Å². The molecule has 0 spiro atoms. The second-order valence-electron chi connectivity index (χ2n) is 9.68. The van der Waals surface area contributed by atoms with Crippen molar-refractivity contribution >= 4 is 17.5 Å². The molecule has 5 rings (SSSR count). The van der Waals surface area contributed by atoms with Gasteiger partial charge in [-0.2, -0.15) is 0 Å². The number of ether oxygens (including phenoxy) is 2. The van der Waals surface area contributed by atoms with Gasteiger partial charge < -0.3 is 25.2 Å². The molecule has 2 fully saturated rings. The average Bonchev–Trinajstić information content (AvgIpc) is 3.16. The van der Waals surface area contributed by atoms with E-state index in [2.05, 4.69) is 10.6 Å². The Morgan fingerprint density at radius 3 is 2.65 bits per heavy atom. The van der Waals surface area contributed by atoms with E-state index in [0.29, 0.717) is 6.42 Å². The third-order valence-electron chi connectivity index (χ3n) is 7.33. The van der Waals surface area contributed by atoms with Crippen molar-refractivity contribution in [2.24, 2.45) is 5.92 Å². The summed E-state index contributed by atoms with van der Waals surface area (Å²) in [4.78, 5) is 25.2. The van der Waals surface area contributed by atoms with Gasteiger partial charge in [0.25, 0.3) is 0 Å². The summed E-state index contributed by atoms with van der Waals surface area (Å²) in [5.41, 5.74) is 2.81. The van der Waals surface area contributed by atoms with E-state index in [1.807, 2.05) is 55.5 Å². The van der Waals surface area contributed by atoms with Crippen LogP contribution in [0, 0.1) is 5.92 Å². The van der Waals surface area contributed by atoms with Gasteiger partial charge in [-0.3, -0.25) is 9.59 Å². The van der Waals surface area contributed by atoms with E-state index < -0.39 is 6.10 Å². The molecule has 2 heterocycles. The molecule has 5 atom stereocenters. The third-order valence-corrected chi connectivity index (χ3v) is 7.33. The van der Waals surface area contributed by atoms with Crippen molar-refractivity contribution in [3.8, 4) is 5.75 Å². The highest BCUT2D eigenvalue weighted by atomic mass is 16.6. The van der Waals surface area contributed by atoms with E-state index >= 15 is 0 Å². The smallest absolute Gasteiger partial charge is 0.227 e. The zero-order valence-corrected chi connectivity index (χ0v) is 19.4. The van der Waals surface area contributed by atoms with Crippen molar-refractivity contribution in [3.63, 3.8) is 0 Å². The zero-order valence-electron chi connectivity index (χ0n) is 19.4. The fourth-order valence-electron chi connectivity index (χ4n) is 5.21. The minimum atomic E-state index is -0.511. The summed E-state index contributed by atoms with van der Waals surface area (Å²) in [7, 11) is 0. The number of hydrogen-bond donors (Lipinski definition) is 3. The molecule has 7 heteroatoms. The lowest BCUT2D eigenvalue weighted by Gasteiger charge is -2.37. The minimum Gasteiger partial charge on any atom is -0.487 e. The number of anilines is 1. The highest BCUT2D eigenvalue weighted by Gasteiger charge is 2.46. The molecule has 1 saturated heterocycles. The first-order valence-corrected chi connectivity index (χ1v) is 12.2. The Morgan fingerprint density at radius 2 is 1.94 bits per heavy atom. The summed E-state index contributed by atoms with van der Waals surface area (Å²) in [6.45, 7) is 1.78. The zero-order chi connectivity index (χ0) is 23.7. The van der Waals surface area contributed by atoms with Crippen LogP contribution < -0.4 is 15.4 Å². The molecule has 0 aromatic heterocycles. The molecule has 2 aromatic carbocycles. The maximum atomic E-state index is 12.8. The van der Waals surface area contributed by atoms with Crippen molar-refractivity contribution < 1.29 is 24.2 Å². The van der Waals surface area contributed by atoms with Gasteiger partial charge in [0.15, 0.2) is 0 Å². The number of aliphatic hydroxyl groups is 1. The molecule has 7 nitrogen and oxygen atoms in total. The Hall–Kier alpha value is -2.90. The van der Waals surface area contributed by atoms with Gasteiger partial charge in [0.1, 0.15) is 18.0 Å². The predicted octanol–water partition coefficient (Wildman–Crippen LogP) is 3.69.